The van der Waals surface area contributed by atoms with E-state index in [9.17, 15) is 5.11 Å². The SMILES string of the molecule is O[C@@H]1CCC[C@@H](C2CCCC2)C1. The lowest BCUT2D eigenvalue weighted by Crippen LogP contribution is -2.24. The highest BCUT2D eigenvalue weighted by Crippen LogP contribution is 2.39. The van der Waals surface area contributed by atoms with E-state index in [0.29, 0.717) is 0 Å². The smallest absolute Gasteiger partial charge is 0.0543 e. The average Bonchev–Trinajstić information content (AvgIpc) is 2.56. The average molecular weight is 168 g/mol. The summed E-state index contributed by atoms with van der Waals surface area (Å²) in [5.41, 5.74) is 0. The monoisotopic (exact) mass is 168 g/mol. The first kappa shape index (κ1) is 8.55. The summed E-state index contributed by atoms with van der Waals surface area (Å²) in [6, 6.07) is 0. The normalized spacial score (nSPS) is 38.8. The highest BCUT2D eigenvalue weighted by molar-refractivity contribution is 4.80. The number of hydrogen-bond donors (Lipinski definition) is 1. The Morgan fingerprint density at radius 1 is 0.750 bits per heavy atom. The van der Waals surface area contributed by atoms with Crippen LogP contribution in [-0.2, 0) is 0 Å². The van der Waals surface area contributed by atoms with E-state index in [4.69, 9.17) is 0 Å². The first-order valence-electron chi connectivity index (χ1n) is 5.54. The predicted octanol–water partition coefficient (Wildman–Crippen LogP) is 2.73. The molecule has 0 amide bonds. The van der Waals surface area contributed by atoms with Crippen LogP contribution in [0.1, 0.15) is 51.4 Å². The Morgan fingerprint density at radius 3 is 2.08 bits per heavy atom. The Labute approximate surface area is 75.2 Å². The molecule has 0 aromatic rings. The van der Waals surface area contributed by atoms with E-state index in [-0.39, 0.29) is 6.10 Å². The summed E-state index contributed by atoms with van der Waals surface area (Å²) in [4.78, 5) is 0. The van der Waals surface area contributed by atoms with Gasteiger partial charge in [-0.2, -0.15) is 0 Å². The van der Waals surface area contributed by atoms with Crippen molar-refractivity contribution in [1.29, 1.82) is 0 Å². The molecule has 0 spiro atoms. The van der Waals surface area contributed by atoms with Gasteiger partial charge in [-0.05, 0) is 31.1 Å². The molecule has 0 unspecified atom stereocenters. The fourth-order valence-electron chi connectivity index (χ4n) is 3.06. The molecule has 2 aliphatic carbocycles. The van der Waals surface area contributed by atoms with Crippen LogP contribution >= 0.6 is 0 Å². The standard InChI is InChI=1S/C11H20O/c12-11-7-3-6-10(8-11)9-4-1-2-5-9/h9-12H,1-8H2/t10-,11-/m1/s1. The number of aliphatic hydroxyl groups excluding tert-OH is 1. The van der Waals surface area contributed by atoms with Crippen molar-refractivity contribution < 1.29 is 5.11 Å². The topological polar surface area (TPSA) is 20.2 Å². The van der Waals surface area contributed by atoms with Crippen molar-refractivity contribution in [3.05, 3.63) is 0 Å². The quantitative estimate of drug-likeness (QED) is 0.638. The molecule has 0 aromatic heterocycles. The molecular formula is C11H20O. The third-order valence-electron chi connectivity index (χ3n) is 3.75. The number of hydrogen-bond acceptors (Lipinski definition) is 1. The Bertz CT molecular complexity index is 138. The van der Waals surface area contributed by atoms with Crippen LogP contribution in [-0.4, -0.2) is 11.2 Å². The fourth-order valence-corrected chi connectivity index (χ4v) is 3.06. The number of aliphatic hydroxyl groups is 1. The second-order valence-corrected chi connectivity index (χ2v) is 4.63. The van der Waals surface area contributed by atoms with E-state index < -0.39 is 0 Å². The molecule has 0 bridgehead atoms. The molecule has 1 heteroatoms. The highest BCUT2D eigenvalue weighted by atomic mass is 16.3. The van der Waals surface area contributed by atoms with Crippen LogP contribution in [0.2, 0.25) is 0 Å². The van der Waals surface area contributed by atoms with E-state index in [1.54, 1.807) is 0 Å². The summed E-state index contributed by atoms with van der Waals surface area (Å²) in [7, 11) is 0. The molecule has 0 heterocycles. The summed E-state index contributed by atoms with van der Waals surface area (Å²) in [6.07, 6.45) is 10.6. The molecule has 0 radical (unpaired) electrons. The van der Waals surface area contributed by atoms with Crippen LogP contribution in [0, 0.1) is 11.8 Å². The van der Waals surface area contributed by atoms with Crippen LogP contribution < -0.4 is 0 Å². The van der Waals surface area contributed by atoms with E-state index in [1.165, 1.54) is 38.5 Å². The third kappa shape index (κ3) is 1.82. The molecular weight excluding hydrogens is 148 g/mol. The number of rotatable bonds is 1. The summed E-state index contributed by atoms with van der Waals surface area (Å²) in [5.74, 6) is 1.84. The van der Waals surface area contributed by atoms with Gasteiger partial charge < -0.3 is 5.11 Å². The lowest BCUT2D eigenvalue weighted by Gasteiger charge is -2.30. The molecule has 1 N–H and O–H groups in total. The second kappa shape index (κ2) is 3.78. The molecule has 0 aromatic carbocycles. The van der Waals surface area contributed by atoms with Gasteiger partial charge in [-0.1, -0.05) is 32.1 Å². The van der Waals surface area contributed by atoms with Gasteiger partial charge in [-0.25, -0.2) is 0 Å². The zero-order valence-corrected chi connectivity index (χ0v) is 7.84. The van der Waals surface area contributed by atoms with Gasteiger partial charge in [0.05, 0.1) is 6.10 Å². The maximum atomic E-state index is 9.54. The van der Waals surface area contributed by atoms with Crippen LogP contribution in [0.5, 0.6) is 0 Å². The Balaban J connectivity index is 1.85. The molecule has 12 heavy (non-hydrogen) atoms. The van der Waals surface area contributed by atoms with Gasteiger partial charge in [0.1, 0.15) is 0 Å². The van der Waals surface area contributed by atoms with Gasteiger partial charge in [0.25, 0.3) is 0 Å². The first-order valence-corrected chi connectivity index (χ1v) is 5.54. The summed E-state index contributed by atoms with van der Waals surface area (Å²) < 4.78 is 0. The Kier molecular flexibility index (Phi) is 2.69. The molecule has 1 nitrogen and oxygen atoms in total. The van der Waals surface area contributed by atoms with Crippen molar-refractivity contribution in [2.45, 2.75) is 57.5 Å². The fraction of sp³-hybridized carbons (Fsp3) is 1.00. The van der Waals surface area contributed by atoms with Gasteiger partial charge in [0.15, 0.2) is 0 Å². The van der Waals surface area contributed by atoms with E-state index in [2.05, 4.69) is 0 Å². The van der Waals surface area contributed by atoms with Crippen molar-refractivity contribution >= 4 is 0 Å². The maximum Gasteiger partial charge on any atom is 0.0543 e. The van der Waals surface area contributed by atoms with Crippen molar-refractivity contribution in [2.75, 3.05) is 0 Å². The minimum Gasteiger partial charge on any atom is -0.393 e. The molecule has 2 atom stereocenters. The van der Waals surface area contributed by atoms with Crippen molar-refractivity contribution in [3.8, 4) is 0 Å². The first-order chi connectivity index (χ1) is 5.86. The Morgan fingerprint density at radius 2 is 1.42 bits per heavy atom. The summed E-state index contributed by atoms with van der Waals surface area (Å²) in [6.45, 7) is 0. The van der Waals surface area contributed by atoms with E-state index in [1.807, 2.05) is 0 Å². The van der Waals surface area contributed by atoms with Crippen LogP contribution in [0.25, 0.3) is 0 Å². The van der Waals surface area contributed by atoms with Gasteiger partial charge in [-0.15, -0.1) is 0 Å². The molecule has 2 rings (SSSR count). The van der Waals surface area contributed by atoms with Gasteiger partial charge in [0.2, 0.25) is 0 Å². The van der Waals surface area contributed by atoms with Crippen molar-refractivity contribution in [3.63, 3.8) is 0 Å². The maximum absolute atomic E-state index is 9.54. The molecule has 2 fully saturated rings. The Hall–Kier alpha value is -0.0400. The zero-order valence-electron chi connectivity index (χ0n) is 7.84. The molecule has 0 saturated heterocycles. The molecule has 0 aliphatic heterocycles. The second-order valence-electron chi connectivity index (χ2n) is 4.63. The van der Waals surface area contributed by atoms with Crippen molar-refractivity contribution in [2.24, 2.45) is 11.8 Å². The van der Waals surface area contributed by atoms with Gasteiger partial charge in [-0.3, -0.25) is 0 Å². The van der Waals surface area contributed by atoms with E-state index >= 15 is 0 Å². The zero-order chi connectivity index (χ0) is 8.39. The minimum atomic E-state index is 0.0318. The minimum absolute atomic E-state index is 0.0318. The van der Waals surface area contributed by atoms with Crippen LogP contribution in [0.3, 0.4) is 0 Å². The molecule has 2 saturated carbocycles. The third-order valence-corrected chi connectivity index (χ3v) is 3.75. The largest absolute Gasteiger partial charge is 0.393 e. The molecule has 2 aliphatic rings. The summed E-state index contributed by atoms with van der Waals surface area (Å²) >= 11 is 0. The molecule has 70 valence electrons. The predicted molar refractivity (Wildman–Crippen MR) is 49.9 cm³/mol. The van der Waals surface area contributed by atoms with Crippen molar-refractivity contribution in [1.82, 2.24) is 0 Å². The highest BCUT2D eigenvalue weighted by Gasteiger charge is 2.29. The van der Waals surface area contributed by atoms with Gasteiger partial charge >= 0.3 is 0 Å². The van der Waals surface area contributed by atoms with Gasteiger partial charge in [0, 0.05) is 0 Å². The van der Waals surface area contributed by atoms with Crippen LogP contribution in [0.15, 0.2) is 0 Å². The van der Waals surface area contributed by atoms with Crippen LogP contribution in [0.4, 0.5) is 0 Å². The lowest BCUT2D eigenvalue weighted by atomic mass is 9.78. The van der Waals surface area contributed by atoms with E-state index in [0.717, 1.165) is 24.7 Å². The summed E-state index contributed by atoms with van der Waals surface area (Å²) in [5, 5.41) is 9.54. The lowest BCUT2D eigenvalue weighted by molar-refractivity contribution is 0.0805.